The van der Waals surface area contributed by atoms with Crippen LogP contribution in [0.4, 0.5) is 0 Å². The molecule has 0 aliphatic rings. The van der Waals surface area contributed by atoms with Crippen molar-refractivity contribution in [3.05, 3.63) is 86.3 Å². The summed E-state index contributed by atoms with van der Waals surface area (Å²) < 4.78 is 1.86. The number of hydrogen-bond donors (Lipinski definition) is 1. The first-order chi connectivity index (χ1) is 14.3. The van der Waals surface area contributed by atoms with Crippen LogP contribution in [-0.2, 0) is 22.8 Å². The molecule has 1 aromatic heterocycles. The molecule has 0 unspecified atom stereocenters. The van der Waals surface area contributed by atoms with Crippen molar-refractivity contribution in [2.75, 3.05) is 0 Å². The number of aromatic nitrogens is 2. The van der Waals surface area contributed by atoms with Crippen LogP contribution < -0.4 is 0 Å². The summed E-state index contributed by atoms with van der Waals surface area (Å²) in [6, 6.07) is 10.4. The Morgan fingerprint density at radius 3 is 2.30 bits per heavy atom. The molecule has 0 amide bonds. The van der Waals surface area contributed by atoms with Crippen molar-refractivity contribution in [2.45, 2.75) is 20.1 Å². The van der Waals surface area contributed by atoms with Crippen LogP contribution in [0.5, 0.6) is 0 Å². The van der Waals surface area contributed by atoms with Gasteiger partial charge in [0.2, 0.25) is 0 Å². The zero-order valence-electron chi connectivity index (χ0n) is 15.7. The molecule has 30 heavy (non-hydrogen) atoms. The lowest BCUT2D eigenvalue weighted by Crippen LogP contribution is -2.12. The standard InChI is InChI=1S/C18H13Cl4N3O.C2H4O2/c19-13-2-1-12(16(21)7-13)10-26-24-18(9-25-6-5-23-11-25)15-4-3-14(20)8-17(15)22;1-2(3)4/h1-8,11H,9-10H2;1H3,(H,3,4)/b24-18+;. The van der Waals surface area contributed by atoms with Gasteiger partial charge >= 0.3 is 0 Å². The maximum atomic E-state index is 9.00. The molecule has 1 N–H and O–H groups in total. The minimum absolute atomic E-state index is 0.203. The molecule has 0 atom stereocenters. The monoisotopic (exact) mass is 487 g/mol. The molecule has 0 aliphatic carbocycles. The Morgan fingerprint density at radius 1 is 1.10 bits per heavy atom. The summed E-state index contributed by atoms with van der Waals surface area (Å²) in [7, 11) is 0. The van der Waals surface area contributed by atoms with Crippen LogP contribution in [-0.4, -0.2) is 26.3 Å². The van der Waals surface area contributed by atoms with Crippen LogP contribution >= 0.6 is 46.4 Å². The molecule has 2 aromatic carbocycles. The van der Waals surface area contributed by atoms with Gasteiger partial charge in [-0.1, -0.05) is 57.6 Å². The molecule has 158 valence electrons. The molecule has 3 rings (SSSR count). The lowest BCUT2D eigenvalue weighted by Gasteiger charge is -2.10. The third-order valence-electron chi connectivity index (χ3n) is 3.54. The van der Waals surface area contributed by atoms with Crippen molar-refractivity contribution in [1.82, 2.24) is 9.55 Å². The summed E-state index contributed by atoms with van der Waals surface area (Å²) in [5, 5.41) is 13.8. The summed E-state index contributed by atoms with van der Waals surface area (Å²) in [5.74, 6) is -0.833. The molecule has 10 heteroatoms. The maximum absolute atomic E-state index is 9.00. The summed E-state index contributed by atoms with van der Waals surface area (Å²) in [6.45, 7) is 1.73. The quantitative estimate of drug-likeness (QED) is 0.330. The number of hydrogen-bond acceptors (Lipinski definition) is 4. The predicted octanol–water partition coefficient (Wildman–Crippen LogP) is 6.21. The van der Waals surface area contributed by atoms with Crippen molar-refractivity contribution in [1.29, 1.82) is 0 Å². The van der Waals surface area contributed by atoms with Gasteiger partial charge in [-0.25, -0.2) is 4.98 Å². The normalized spacial score (nSPS) is 10.9. The first kappa shape index (κ1) is 24.0. The number of carbonyl (C=O) groups is 1. The maximum Gasteiger partial charge on any atom is 0.300 e. The summed E-state index contributed by atoms with van der Waals surface area (Å²) in [4.78, 5) is 18.6. The molecule has 0 fully saturated rings. The molecule has 0 aliphatic heterocycles. The van der Waals surface area contributed by atoms with Crippen molar-refractivity contribution in [2.24, 2.45) is 5.16 Å². The Morgan fingerprint density at radius 2 is 1.73 bits per heavy atom. The Bertz CT molecular complexity index is 1020. The second-order valence-electron chi connectivity index (χ2n) is 5.93. The van der Waals surface area contributed by atoms with Crippen LogP contribution in [0.25, 0.3) is 0 Å². The van der Waals surface area contributed by atoms with Crippen molar-refractivity contribution < 1.29 is 14.7 Å². The molecule has 0 spiro atoms. The second-order valence-corrected chi connectivity index (χ2v) is 7.61. The molecule has 3 aromatic rings. The third kappa shape index (κ3) is 7.88. The number of aliphatic carboxylic acids is 1. The highest BCUT2D eigenvalue weighted by molar-refractivity contribution is 6.37. The van der Waals surface area contributed by atoms with Gasteiger partial charge in [0.25, 0.3) is 5.97 Å². The summed E-state index contributed by atoms with van der Waals surface area (Å²) in [5.41, 5.74) is 2.14. The van der Waals surface area contributed by atoms with Gasteiger partial charge in [0.1, 0.15) is 12.3 Å². The van der Waals surface area contributed by atoms with Crippen molar-refractivity contribution in [3.63, 3.8) is 0 Å². The zero-order valence-corrected chi connectivity index (χ0v) is 18.8. The molecule has 0 saturated carbocycles. The van der Waals surface area contributed by atoms with Crippen LogP contribution in [0.2, 0.25) is 20.1 Å². The van der Waals surface area contributed by atoms with Gasteiger partial charge in [-0.2, -0.15) is 0 Å². The van der Waals surface area contributed by atoms with E-state index >= 15 is 0 Å². The van der Waals surface area contributed by atoms with Crippen LogP contribution in [0.1, 0.15) is 18.1 Å². The summed E-state index contributed by atoms with van der Waals surface area (Å²) >= 11 is 24.4. The van der Waals surface area contributed by atoms with E-state index in [1.54, 1.807) is 48.9 Å². The van der Waals surface area contributed by atoms with Gasteiger partial charge in [0.05, 0.1) is 17.9 Å². The Balaban J connectivity index is 0.000000735. The minimum atomic E-state index is -0.833. The van der Waals surface area contributed by atoms with E-state index in [-0.39, 0.29) is 6.61 Å². The topological polar surface area (TPSA) is 76.7 Å². The van der Waals surface area contributed by atoms with Crippen molar-refractivity contribution in [3.8, 4) is 0 Å². The fourth-order valence-corrected chi connectivity index (χ4v) is 3.24. The lowest BCUT2D eigenvalue weighted by molar-refractivity contribution is -0.134. The lowest BCUT2D eigenvalue weighted by atomic mass is 10.1. The molecule has 1 heterocycles. The van der Waals surface area contributed by atoms with E-state index in [1.165, 1.54) is 0 Å². The van der Waals surface area contributed by atoms with E-state index in [0.29, 0.717) is 32.3 Å². The number of nitrogens with zero attached hydrogens (tertiary/aromatic N) is 3. The van der Waals surface area contributed by atoms with E-state index in [2.05, 4.69) is 10.1 Å². The third-order valence-corrected chi connectivity index (χ3v) is 4.68. The van der Waals surface area contributed by atoms with Gasteiger partial charge in [0.15, 0.2) is 0 Å². The first-order valence-electron chi connectivity index (χ1n) is 8.49. The fourth-order valence-electron chi connectivity index (χ4n) is 2.26. The van der Waals surface area contributed by atoms with Gasteiger partial charge in [-0.3, -0.25) is 4.79 Å². The fraction of sp³-hybridized carbons (Fsp3) is 0.150. The smallest absolute Gasteiger partial charge is 0.300 e. The minimum Gasteiger partial charge on any atom is -0.481 e. The molecule has 0 radical (unpaired) electrons. The van der Waals surface area contributed by atoms with Gasteiger partial charge < -0.3 is 14.5 Å². The number of oxime groups is 1. The number of carboxylic acids is 1. The van der Waals surface area contributed by atoms with E-state index in [4.69, 9.17) is 61.1 Å². The van der Waals surface area contributed by atoms with Gasteiger partial charge in [-0.05, 0) is 30.3 Å². The zero-order chi connectivity index (χ0) is 22.1. The second kappa shape index (κ2) is 11.8. The van der Waals surface area contributed by atoms with Gasteiger partial charge in [-0.15, -0.1) is 0 Å². The molecule has 0 saturated heterocycles. The number of halogens is 4. The van der Waals surface area contributed by atoms with Gasteiger partial charge in [0, 0.05) is 45.5 Å². The highest BCUT2D eigenvalue weighted by atomic mass is 35.5. The first-order valence-corrected chi connectivity index (χ1v) is 10.0. The van der Waals surface area contributed by atoms with E-state index < -0.39 is 5.97 Å². The predicted molar refractivity (Wildman–Crippen MR) is 120 cm³/mol. The van der Waals surface area contributed by atoms with Crippen LogP contribution in [0, 0.1) is 0 Å². The average Bonchev–Trinajstić information content (AvgIpc) is 3.15. The Hall–Kier alpha value is -2.25. The number of benzene rings is 2. The van der Waals surface area contributed by atoms with Crippen LogP contribution in [0.15, 0.2) is 60.3 Å². The molecular weight excluding hydrogens is 472 g/mol. The highest BCUT2D eigenvalue weighted by Gasteiger charge is 2.11. The largest absolute Gasteiger partial charge is 0.481 e. The average molecular weight is 489 g/mol. The van der Waals surface area contributed by atoms with Crippen LogP contribution in [0.3, 0.4) is 0 Å². The molecular formula is C20H17Cl4N3O3. The number of imidazole rings is 1. The summed E-state index contributed by atoms with van der Waals surface area (Å²) in [6.07, 6.45) is 5.21. The van der Waals surface area contributed by atoms with Crippen molar-refractivity contribution >= 4 is 58.1 Å². The molecule has 0 bridgehead atoms. The Kier molecular flexibility index (Phi) is 9.46. The number of carboxylic acid groups (broad SMARTS) is 1. The Labute approximate surface area is 193 Å². The van der Waals surface area contributed by atoms with E-state index in [0.717, 1.165) is 18.1 Å². The molecule has 6 nitrogen and oxygen atoms in total. The SMILES string of the molecule is CC(=O)O.Clc1ccc(CO/N=C(\Cn2ccnc2)c2ccc(Cl)cc2Cl)c(Cl)c1. The van der Waals surface area contributed by atoms with E-state index in [1.807, 2.05) is 10.8 Å². The number of rotatable bonds is 6. The van der Waals surface area contributed by atoms with E-state index in [9.17, 15) is 0 Å². The highest BCUT2D eigenvalue weighted by Crippen LogP contribution is 2.24.